The van der Waals surface area contributed by atoms with Crippen LogP contribution in [0.1, 0.15) is 16.7 Å². The zero-order chi connectivity index (χ0) is 15.9. The van der Waals surface area contributed by atoms with Crippen molar-refractivity contribution in [1.82, 2.24) is 0 Å². The molecule has 5 nitrogen and oxygen atoms in total. The zero-order valence-electron chi connectivity index (χ0n) is 13.7. The Morgan fingerprint density at radius 3 is 2.17 bits per heavy atom. The number of amidine groups is 1. The van der Waals surface area contributed by atoms with Gasteiger partial charge in [0.2, 0.25) is 0 Å². The first kappa shape index (κ1) is 22.1. The number of rotatable bonds is 6. The first-order valence-electron chi connectivity index (χ1n) is 6.99. The number of hydrogen-bond donors (Lipinski definition) is 2. The second-order valence-corrected chi connectivity index (χ2v) is 4.78. The monoisotopic (exact) mass is 371 g/mol. The summed E-state index contributed by atoms with van der Waals surface area (Å²) in [6.45, 7) is 0.917. The van der Waals surface area contributed by atoms with Crippen LogP contribution in [0.4, 0.5) is 0 Å². The average Bonchev–Trinajstić information content (AvgIpc) is 2.59. The lowest BCUT2D eigenvalue weighted by Gasteiger charge is -2.12. The van der Waals surface area contributed by atoms with Gasteiger partial charge in [-0.3, -0.25) is 4.99 Å². The smallest absolute Gasteiger partial charge is 0.161 e. The van der Waals surface area contributed by atoms with Gasteiger partial charge in [0.25, 0.3) is 0 Å². The van der Waals surface area contributed by atoms with E-state index in [9.17, 15) is 0 Å². The van der Waals surface area contributed by atoms with Gasteiger partial charge < -0.3 is 20.9 Å². The summed E-state index contributed by atoms with van der Waals surface area (Å²) < 4.78 is 11.1. The van der Waals surface area contributed by atoms with Crippen molar-refractivity contribution < 1.29 is 9.47 Å². The summed E-state index contributed by atoms with van der Waals surface area (Å²) in [5.74, 6) is 1.90. The van der Waals surface area contributed by atoms with Crippen molar-refractivity contribution in [3.63, 3.8) is 0 Å². The van der Waals surface area contributed by atoms with E-state index < -0.39 is 0 Å². The third kappa shape index (κ3) is 5.60. The van der Waals surface area contributed by atoms with E-state index in [2.05, 4.69) is 4.99 Å². The molecule has 0 aliphatic rings. The summed E-state index contributed by atoms with van der Waals surface area (Å²) in [6.07, 6.45) is 0. The van der Waals surface area contributed by atoms with Gasteiger partial charge in [-0.2, -0.15) is 0 Å². The third-order valence-corrected chi connectivity index (χ3v) is 3.35. The van der Waals surface area contributed by atoms with Gasteiger partial charge >= 0.3 is 0 Å². The van der Waals surface area contributed by atoms with E-state index in [0.29, 0.717) is 30.5 Å². The van der Waals surface area contributed by atoms with Crippen molar-refractivity contribution >= 4 is 30.6 Å². The lowest BCUT2D eigenvalue weighted by atomic mass is 10.1. The highest BCUT2D eigenvalue weighted by Crippen LogP contribution is 2.28. The first-order chi connectivity index (χ1) is 10.7. The van der Waals surface area contributed by atoms with Crippen LogP contribution in [0, 0.1) is 0 Å². The van der Waals surface area contributed by atoms with Crippen LogP contribution in [0.3, 0.4) is 0 Å². The molecule has 2 aromatic carbocycles. The molecule has 0 atom stereocenters. The minimum atomic E-state index is 0. The number of hydrogen-bond acceptors (Lipinski definition) is 4. The number of nitrogens with zero attached hydrogens (tertiary/aromatic N) is 1. The first-order valence-corrected chi connectivity index (χ1v) is 6.99. The van der Waals surface area contributed by atoms with Crippen LogP contribution in [-0.2, 0) is 13.2 Å². The van der Waals surface area contributed by atoms with Crippen LogP contribution in [0.25, 0.3) is 0 Å². The van der Waals surface area contributed by atoms with Crippen LogP contribution < -0.4 is 20.9 Å². The molecule has 4 N–H and O–H groups in total. The maximum absolute atomic E-state index is 5.81. The van der Waals surface area contributed by atoms with Gasteiger partial charge in [0.15, 0.2) is 11.5 Å². The Morgan fingerprint density at radius 1 is 1.00 bits per heavy atom. The maximum Gasteiger partial charge on any atom is 0.161 e. The third-order valence-electron chi connectivity index (χ3n) is 3.35. The molecule has 0 aliphatic carbocycles. The highest BCUT2D eigenvalue weighted by atomic mass is 35.5. The number of aliphatic imine (C=N–C) groups is 1. The largest absolute Gasteiger partial charge is 0.493 e. The van der Waals surface area contributed by atoms with Gasteiger partial charge in [-0.05, 0) is 23.3 Å². The zero-order valence-corrected chi connectivity index (χ0v) is 15.3. The SMILES string of the molecule is CN=C(N)c1ccc(COc2ccc(CN)cc2OC)cc1.Cl.Cl. The molecule has 2 aromatic rings. The molecule has 0 amide bonds. The predicted molar refractivity (Wildman–Crippen MR) is 103 cm³/mol. The average molecular weight is 372 g/mol. The second-order valence-electron chi connectivity index (χ2n) is 4.78. The van der Waals surface area contributed by atoms with Crippen molar-refractivity contribution in [1.29, 1.82) is 0 Å². The van der Waals surface area contributed by atoms with E-state index in [-0.39, 0.29) is 24.8 Å². The van der Waals surface area contributed by atoms with Crippen molar-refractivity contribution in [2.75, 3.05) is 14.2 Å². The Labute approximate surface area is 154 Å². The Kier molecular flexibility index (Phi) is 9.88. The fourth-order valence-electron chi connectivity index (χ4n) is 2.02. The topological polar surface area (TPSA) is 82.9 Å². The molecule has 0 aliphatic heterocycles. The maximum atomic E-state index is 5.81. The van der Waals surface area contributed by atoms with Gasteiger partial charge in [0.05, 0.1) is 7.11 Å². The van der Waals surface area contributed by atoms with Crippen LogP contribution in [0.2, 0.25) is 0 Å². The molecule has 0 saturated heterocycles. The molecule has 0 heterocycles. The standard InChI is InChI=1S/C17H21N3O2.2ClH/c1-20-17(19)14-6-3-12(4-7-14)11-22-15-8-5-13(10-18)9-16(15)21-2;;/h3-9H,10-11,18H2,1-2H3,(H2,19,20);2*1H. The molecule has 0 bridgehead atoms. The number of methoxy groups -OCH3 is 1. The molecule has 0 spiro atoms. The van der Waals surface area contributed by atoms with Crippen LogP contribution in [0.15, 0.2) is 47.5 Å². The lowest BCUT2D eigenvalue weighted by molar-refractivity contribution is 0.284. The lowest BCUT2D eigenvalue weighted by Crippen LogP contribution is -2.12. The predicted octanol–water partition coefficient (Wildman–Crippen LogP) is 2.91. The van der Waals surface area contributed by atoms with E-state index in [4.69, 9.17) is 20.9 Å². The molecule has 0 radical (unpaired) electrons. The van der Waals surface area contributed by atoms with Crippen LogP contribution in [0.5, 0.6) is 11.5 Å². The number of benzene rings is 2. The van der Waals surface area contributed by atoms with E-state index in [1.807, 2.05) is 42.5 Å². The fraction of sp³-hybridized carbons (Fsp3) is 0.235. The summed E-state index contributed by atoms with van der Waals surface area (Å²) in [4.78, 5) is 3.96. The quantitative estimate of drug-likeness (QED) is 0.603. The van der Waals surface area contributed by atoms with Crippen molar-refractivity contribution in [2.24, 2.45) is 16.5 Å². The van der Waals surface area contributed by atoms with Crippen molar-refractivity contribution in [2.45, 2.75) is 13.2 Å². The van der Waals surface area contributed by atoms with E-state index in [1.165, 1.54) is 0 Å². The summed E-state index contributed by atoms with van der Waals surface area (Å²) in [6, 6.07) is 13.5. The number of halogens is 2. The van der Waals surface area contributed by atoms with E-state index in [1.54, 1.807) is 14.2 Å². The molecule has 0 aromatic heterocycles. The molecule has 2 rings (SSSR count). The molecular formula is C17H23Cl2N3O2. The van der Waals surface area contributed by atoms with Crippen molar-refractivity contribution in [3.8, 4) is 11.5 Å². The summed E-state index contributed by atoms with van der Waals surface area (Å²) in [7, 11) is 3.29. The van der Waals surface area contributed by atoms with Gasteiger partial charge in [-0.15, -0.1) is 24.8 Å². The second kappa shape index (κ2) is 10.8. The van der Waals surface area contributed by atoms with Crippen LogP contribution in [-0.4, -0.2) is 20.0 Å². The van der Waals surface area contributed by atoms with Gasteiger partial charge in [0.1, 0.15) is 12.4 Å². The minimum absolute atomic E-state index is 0. The molecule has 0 fully saturated rings. The summed E-state index contributed by atoms with van der Waals surface area (Å²) >= 11 is 0. The summed E-state index contributed by atoms with van der Waals surface area (Å²) in [5, 5.41) is 0. The molecule has 0 unspecified atom stereocenters. The highest BCUT2D eigenvalue weighted by molar-refractivity contribution is 5.97. The van der Waals surface area contributed by atoms with E-state index in [0.717, 1.165) is 16.7 Å². The highest BCUT2D eigenvalue weighted by Gasteiger charge is 2.06. The molecule has 24 heavy (non-hydrogen) atoms. The number of nitrogens with two attached hydrogens (primary N) is 2. The fourth-order valence-corrected chi connectivity index (χ4v) is 2.02. The van der Waals surface area contributed by atoms with Gasteiger partial charge in [-0.1, -0.05) is 30.3 Å². The molecule has 0 saturated carbocycles. The van der Waals surface area contributed by atoms with Gasteiger partial charge in [0, 0.05) is 19.2 Å². The Morgan fingerprint density at radius 2 is 1.62 bits per heavy atom. The molecule has 7 heteroatoms. The van der Waals surface area contributed by atoms with Crippen molar-refractivity contribution in [3.05, 3.63) is 59.2 Å². The number of ether oxygens (including phenoxy) is 2. The molecule has 132 valence electrons. The minimum Gasteiger partial charge on any atom is -0.493 e. The van der Waals surface area contributed by atoms with E-state index >= 15 is 0 Å². The summed E-state index contributed by atoms with van der Waals surface area (Å²) in [5.41, 5.74) is 14.3. The Hall–Kier alpha value is -1.95. The van der Waals surface area contributed by atoms with Crippen LogP contribution >= 0.6 is 24.8 Å². The Bertz CT molecular complexity index is 661. The van der Waals surface area contributed by atoms with Gasteiger partial charge in [-0.25, -0.2) is 0 Å². The molecular weight excluding hydrogens is 349 g/mol. The Balaban J connectivity index is 0.00000264. The normalized spacial score (nSPS) is 10.4.